The number of aromatic amines is 1. The van der Waals surface area contributed by atoms with Crippen molar-refractivity contribution in [3.8, 4) is 11.8 Å². The van der Waals surface area contributed by atoms with Gasteiger partial charge in [-0.05, 0) is 29.8 Å². The van der Waals surface area contributed by atoms with Crippen LogP contribution in [0.25, 0.3) is 0 Å². The van der Waals surface area contributed by atoms with Crippen LogP contribution < -0.4 is 4.74 Å². The second kappa shape index (κ2) is 7.22. The fraction of sp³-hybridized carbons (Fsp3) is 0.238. The maximum Gasteiger partial charge on any atom is 0.128 e. The number of hydrogen-bond acceptors (Lipinski definition) is 4. The summed E-state index contributed by atoms with van der Waals surface area (Å²) in [6, 6.07) is 14.2. The van der Waals surface area contributed by atoms with Crippen LogP contribution in [-0.2, 0) is 13.0 Å². The Morgan fingerprint density at radius 2 is 2.19 bits per heavy atom. The van der Waals surface area contributed by atoms with Crippen LogP contribution in [-0.4, -0.2) is 28.5 Å². The van der Waals surface area contributed by atoms with Gasteiger partial charge in [-0.3, -0.25) is 4.90 Å². The molecule has 1 aliphatic rings. The van der Waals surface area contributed by atoms with E-state index in [4.69, 9.17) is 4.74 Å². The first kappa shape index (κ1) is 17.3. The van der Waals surface area contributed by atoms with Crippen molar-refractivity contribution in [1.82, 2.24) is 14.9 Å². The number of fused-ring (bicyclic) bond motifs is 1. The molecule has 1 atom stereocenters. The molecule has 1 unspecified atom stereocenters. The van der Waals surface area contributed by atoms with E-state index in [1.807, 2.05) is 18.2 Å². The Bertz CT molecular complexity index is 1010. The molecule has 0 spiro atoms. The summed E-state index contributed by atoms with van der Waals surface area (Å²) in [5.41, 5.74) is 3.93. The van der Waals surface area contributed by atoms with Crippen molar-refractivity contribution in [2.75, 3.05) is 13.7 Å². The quantitative estimate of drug-likeness (QED) is 0.770. The predicted molar refractivity (Wildman–Crippen MR) is 98.7 cm³/mol. The molecule has 2 heterocycles. The van der Waals surface area contributed by atoms with Crippen LogP contribution in [0.2, 0.25) is 0 Å². The molecule has 1 N–H and O–H groups in total. The standard InChI is InChI=1S/C21H19FN4O/c1-27-16-6-7-18(22)17(10-16)21-20-19(24-13-25-20)8-9-26(21)12-15-5-3-2-4-14(15)11-23/h2-7,10,13,21H,8-9,12H2,1H3,(H,24,25). The summed E-state index contributed by atoms with van der Waals surface area (Å²) in [6.07, 6.45) is 2.45. The van der Waals surface area contributed by atoms with Crippen LogP contribution in [0.3, 0.4) is 0 Å². The molecule has 6 heteroatoms. The molecular weight excluding hydrogens is 343 g/mol. The molecule has 3 aromatic rings. The molecule has 136 valence electrons. The monoisotopic (exact) mass is 362 g/mol. The van der Waals surface area contributed by atoms with Crippen LogP contribution in [0, 0.1) is 17.1 Å². The lowest BCUT2D eigenvalue weighted by Crippen LogP contribution is -2.36. The molecule has 0 saturated heterocycles. The molecule has 0 bridgehead atoms. The lowest BCUT2D eigenvalue weighted by molar-refractivity contribution is 0.196. The van der Waals surface area contributed by atoms with Gasteiger partial charge in [0.05, 0.1) is 36.8 Å². The number of methoxy groups -OCH3 is 1. The number of imidazole rings is 1. The summed E-state index contributed by atoms with van der Waals surface area (Å²) in [4.78, 5) is 9.81. The van der Waals surface area contributed by atoms with E-state index in [0.717, 1.165) is 29.9 Å². The van der Waals surface area contributed by atoms with Crippen LogP contribution in [0.1, 0.15) is 34.1 Å². The predicted octanol–water partition coefficient (Wildman–Crippen LogP) is 3.58. The molecule has 1 aromatic heterocycles. The van der Waals surface area contributed by atoms with Crippen molar-refractivity contribution >= 4 is 0 Å². The van der Waals surface area contributed by atoms with Crippen LogP contribution >= 0.6 is 0 Å². The van der Waals surface area contributed by atoms with E-state index in [1.165, 1.54) is 6.07 Å². The van der Waals surface area contributed by atoms with Gasteiger partial charge in [0.25, 0.3) is 0 Å². The number of hydrogen-bond donors (Lipinski definition) is 1. The Kier molecular flexibility index (Phi) is 4.61. The maximum absolute atomic E-state index is 14.8. The third kappa shape index (κ3) is 3.18. The molecule has 1 aliphatic heterocycles. The number of ether oxygens (including phenoxy) is 1. The molecule has 2 aromatic carbocycles. The fourth-order valence-corrected chi connectivity index (χ4v) is 3.68. The average molecular weight is 362 g/mol. The lowest BCUT2D eigenvalue weighted by atomic mass is 9.94. The zero-order valence-electron chi connectivity index (χ0n) is 14.9. The van der Waals surface area contributed by atoms with E-state index in [-0.39, 0.29) is 11.9 Å². The first-order chi connectivity index (χ1) is 13.2. The van der Waals surface area contributed by atoms with Crippen molar-refractivity contribution < 1.29 is 9.13 Å². The smallest absolute Gasteiger partial charge is 0.128 e. The van der Waals surface area contributed by atoms with E-state index < -0.39 is 0 Å². The topological polar surface area (TPSA) is 64.9 Å². The summed E-state index contributed by atoms with van der Waals surface area (Å²) >= 11 is 0. The summed E-state index contributed by atoms with van der Waals surface area (Å²) in [5.74, 6) is 0.307. The number of benzene rings is 2. The van der Waals surface area contributed by atoms with Crippen molar-refractivity contribution in [3.63, 3.8) is 0 Å². The van der Waals surface area contributed by atoms with Crippen molar-refractivity contribution in [3.05, 3.63) is 82.7 Å². The number of nitriles is 1. The van der Waals surface area contributed by atoms with Gasteiger partial charge in [-0.15, -0.1) is 0 Å². The zero-order valence-corrected chi connectivity index (χ0v) is 14.9. The lowest BCUT2D eigenvalue weighted by Gasteiger charge is -2.35. The molecule has 27 heavy (non-hydrogen) atoms. The summed E-state index contributed by atoms with van der Waals surface area (Å²) in [5, 5.41) is 9.41. The number of nitrogens with one attached hydrogen (secondary N) is 1. The first-order valence-electron chi connectivity index (χ1n) is 8.79. The molecule has 0 saturated carbocycles. The minimum absolute atomic E-state index is 0.296. The molecule has 5 nitrogen and oxygen atoms in total. The van der Waals surface area contributed by atoms with E-state index in [0.29, 0.717) is 23.4 Å². The number of rotatable bonds is 4. The van der Waals surface area contributed by atoms with E-state index >= 15 is 0 Å². The molecule has 0 fully saturated rings. The van der Waals surface area contributed by atoms with Crippen molar-refractivity contribution in [1.29, 1.82) is 5.26 Å². The van der Waals surface area contributed by atoms with Gasteiger partial charge >= 0.3 is 0 Å². The van der Waals surface area contributed by atoms with Gasteiger partial charge < -0.3 is 9.72 Å². The van der Waals surface area contributed by atoms with Gasteiger partial charge in [-0.2, -0.15) is 5.26 Å². The van der Waals surface area contributed by atoms with E-state index in [9.17, 15) is 9.65 Å². The highest BCUT2D eigenvalue weighted by Crippen LogP contribution is 2.37. The minimum Gasteiger partial charge on any atom is -0.497 e. The number of H-pyrrole nitrogens is 1. The van der Waals surface area contributed by atoms with Gasteiger partial charge in [0.1, 0.15) is 11.6 Å². The second-order valence-electron chi connectivity index (χ2n) is 6.55. The van der Waals surface area contributed by atoms with Gasteiger partial charge in [0.2, 0.25) is 0 Å². The molecule has 0 amide bonds. The number of halogens is 1. The second-order valence-corrected chi connectivity index (χ2v) is 6.55. The largest absolute Gasteiger partial charge is 0.497 e. The van der Waals surface area contributed by atoms with E-state index in [2.05, 4.69) is 20.9 Å². The highest BCUT2D eigenvalue weighted by Gasteiger charge is 2.33. The zero-order chi connectivity index (χ0) is 18.8. The average Bonchev–Trinajstić information content (AvgIpc) is 3.18. The number of nitrogens with zero attached hydrogens (tertiary/aromatic N) is 3. The maximum atomic E-state index is 14.8. The first-order valence-corrected chi connectivity index (χ1v) is 8.79. The Balaban J connectivity index is 1.78. The normalized spacial score (nSPS) is 16.6. The fourth-order valence-electron chi connectivity index (χ4n) is 3.68. The van der Waals surface area contributed by atoms with Crippen molar-refractivity contribution in [2.45, 2.75) is 19.0 Å². The van der Waals surface area contributed by atoms with E-state index in [1.54, 1.807) is 31.6 Å². The Morgan fingerprint density at radius 3 is 3.00 bits per heavy atom. The molecular formula is C21H19FN4O. The number of aromatic nitrogens is 2. The van der Waals surface area contributed by atoms with Crippen LogP contribution in [0.4, 0.5) is 4.39 Å². The van der Waals surface area contributed by atoms with Gasteiger partial charge in [-0.1, -0.05) is 18.2 Å². The minimum atomic E-state index is -0.346. The highest BCUT2D eigenvalue weighted by atomic mass is 19.1. The molecule has 4 rings (SSSR count). The SMILES string of the molecule is COc1ccc(F)c(C2c3nc[nH]c3CCN2Cc2ccccc2C#N)c1. The van der Waals surface area contributed by atoms with Crippen LogP contribution in [0.15, 0.2) is 48.8 Å². The highest BCUT2D eigenvalue weighted by molar-refractivity contribution is 5.40. The summed E-state index contributed by atoms with van der Waals surface area (Å²) < 4.78 is 20.1. The summed E-state index contributed by atoms with van der Waals surface area (Å²) in [6.45, 7) is 1.27. The summed E-state index contributed by atoms with van der Waals surface area (Å²) in [7, 11) is 1.57. The van der Waals surface area contributed by atoms with Crippen LogP contribution in [0.5, 0.6) is 5.75 Å². The van der Waals surface area contributed by atoms with Gasteiger partial charge in [0.15, 0.2) is 0 Å². The molecule has 0 aliphatic carbocycles. The third-order valence-corrected chi connectivity index (χ3v) is 5.03. The molecule has 0 radical (unpaired) electrons. The van der Waals surface area contributed by atoms with Crippen molar-refractivity contribution in [2.24, 2.45) is 0 Å². The van der Waals surface area contributed by atoms with Gasteiger partial charge in [0, 0.05) is 30.8 Å². The van der Waals surface area contributed by atoms with Gasteiger partial charge in [-0.25, -0.2) is 9.37 Å². The Morgan fingerprint density at radius 1 is 1.33 bits per heavy atom. The Labute approximate surface area is 157 Å². The third-order valence-electron chi connectivity index (χ3n) is 5.03. The Hall–Kier alpha value is -3.17.